The number of nitrogens with two attached hydrogens (primary N) is 1. The van der Waals surface area contributed by atoms with Crippen LogP contribution in [0.5, 0.6) is 5.75 Å². The Bertz CT molecular complexity index is 398. The summed E-state index contributed by atoms with van der Waals surface area (Å²) in [4.78, 5) is 0. The minimum atomic E-state index is -0.0117. The van der Waals surface area contributed by atoms with Crippen LogP contribution < -0.4 is 10.5 Å². The van der Waals surface area contributed by atoms with E-state index >= 15 is 0 Å². The number of halogens is 1. The summed E-state index contributed by atoms with van der Waals surface area (Å²) in [6.45, 7) is 10.5. The predicted molar refractivity (Wildman–Crippen MR) is 78.3 cm³/mol. The Kier molecular flexibility index (Phi) is 5.06. The Balaban J connectivity index is 2.96. The minimum Gasteiger partial charge on any atom is -0.488 e. The van der Waals surface area contributed by atoms with Crippen molar-refractivity contribution in [3.63, 3.8) is 0 Å². The van der Waals surface area contributed by atoms with E-state index in [1.165, 1.54) is 0 Å². The molecule has 0 radical (unpaired) electrons. The second kappa shape index (κ2) is 5.94. The molecule has 0 aromatic heterocycles. The second-order valence-corrected chi connectivity index (χ2v) is 6.32. The molecule has 0 fully saturated rings. The van der Waals surface area contributed by atoms with E-state index in [2.05, 4.69) is 27.7 Å². The lowest BCUT2D eigenvalue weighted by atomic mass is 9.84. The normalized spacial score (nSPS) is 15.3. The highest BCUT2D eigenvalue weighted by Gasteiger charge is 2.31. The highest BCUT2D eigenvalue weighted by molar-refractivity contribution is 6.30. The lowest BCUT2D eigenvalue weighted by Crippen LogP contribution is -2.47. The van der Waals surface area contributed by atoms with Crippen LogP contribution >= 0.6 is 11.6 Å². The summed E-state index contributed by atoms with van der Waals surface area (Å²) in [5.74, 6) is 0.864. The van der Waals surface area contributed by atoms with Crippen molar-refractivity contribution < 1.29 is 4.74 Å². The molecular formula is C15H24ClNO. The van der Waals surface area contributed by atoms with E-state index in [1.54, 1.807) is 0 Å². The van der Waals surface area contributed by atoms with Crippen molar-refractivity contribution in [3.05, 3.63) is 28.8 Å². The van der Waals surface area contributed by atoms with Crippen LogP contribution in [0.1, 0.15) is 39.7 Å². The van der Waals surface area contributed by atoms with Gasteiger partial charge in [-0.05, 0) is 37.1 Å². The average Bonchev–Trinajstić information content (AvgIpc) is 2.25. The number of aryl methyl sites for hydroxylation is 1. The molecule has 18 heavy (non-hydrogen) atoms. The molecule has 0 bridgehead atoms. The van der Waals surface area contributed by atoms with Crippen molar-refractivity contribution >= 4 is 11.6 Å². The third-order valence-corrected chi connectivity index (χ3v) is 3.34. The van der Waals surface area contributed by atoms with E-state index in [9.17, 15) is 0 Å². The zero-order valence-corrected chi connectivity index (χ0v) is 12.7. The lowest BCUT2D eigenvalue weighted by Gasteiger charge is -2.35. The summed E-state index contributed by atoms with van der Waals surface area (Å²) in [7, 11) is 0. The quantitative estimate of drug-likeness (QED) is 0.890. The number of hydrogen-bond acceptors (Lipinski definition) is 2. The monoisotopic (exact) mass is 269 g/mol. The van der Waals surface area contributed by atoms with Crippen LogP contribution in [0.4, 0.5) is 0 Å². The molecule has 0 aliphatic rings. The fourth-order valence-corrected chi connectivity index (χ4v) is 2.23. The molecule has 0 heterocycles. The number of rotatable bonds is 4. The maximum absolute atomic E-state index is 6.18. The van der Waals surface area contributed by atoms with Crippen LogP contribution in [0.3, 0.4) is 0 Å². The highest BCUT2D eigenvalue weighted by atomic mass is 35.5. The molecule has 1 aromatic carbocycles. The standard InChI is InChI=1S/C15H24ClNO/c1-6-12(17)14(15(3,4)5)18-13-8-7-11(16)9-10(13)2/h7-9,12,14H,6,17H2,1-5H3. The summed E-state index contributed by atoms with van der Waals surface area (Å²) >= 11 is 5.95. The van der Waals surface area contributed by atoms with Crippen molar-refractivity contribution in [1.82, 2.24) is 0 Å². The van der Waals surface area contributed by atoms with E-state index in [0.29, 0.717) is 0 Å². The average molecular weight is 270 g/mol. The van der Waals surface area contributed by atoms with Gasteiger partial charge >= 0.3 is 0 Å². The maximum atomic E-state index is 6.18. The molecule has 2 nitrogen and oxygen atoms in total. The van der Waals surface area contributed by atoms with Crippen LogP contribution in [0.25, 0.3) is 0 Å². The zero-order valence-electron chi connectivity index (χ0n) is 12.0. The first-order chi connectivity index (χ1) is 8.25. The fraction of sp³-hybridized carbons (Fsp3) is 0.600. The van der Waals surface area contributed by atoms with Crippen LogP contribution in [0, 0.1) is 12.3 Å². The Hall–Kier alpha value is -0.730. The Morgan fingerprint density at radius 3 is 2.39 bits per heavy atom. The number of ether oxygens (including phenoxy) is 1. The van der Waals surface area contributed by atoms with Gasteiger partial charge < -0.3 is 10.5 Å². The largest absolute Gasteiger partial charge is 0.488 e. The molecule has 102 valence electrons. The molecule has 0 aliphatic carbocycles. The van der Waals surface area contributed by atoms with Crippen LogP contribution in [-0.4, -0.2) is 12.1 Å². The van der Waals surface area contributed by atoms with Gasteiger partial charge in [0, 0.05) is 16.5 Å². The smallest absolute Gasteiger partial charge is 0.122 e. The maximum Gasteiger partial charge on any atom is 0.122 e. The summed E-state index contributed by atoms with van der Waals surface area (Å²) in [6.07, 6.45) is 0.886. The molecule has 1 rings (SSSR count). The minimum absolute atomic E-state index is 0.00149. The van der Waals surface area contributed by atoms with Gasteiger partial charge in [0.05, 0.1) is 0 Å². The summed E-state index contributed by atoms with van der Waals surface area (Å²) < 4.78 is 6.13. The van der Waals surface area contributed by atoms with Crippen LogP contribution in [0.2, 0.25) is 5.02 Å². The first-order valence-electron chi connectivity index (χ1n) is 6.44. The fourth-order valence-electron chi connectivity index (χ4n) is 2.00. The van der Waals surface area contributed by atoms with Crippen molar-refractivity contribution in [2.75, 3.05) is 0 Å². The number of hydrogen-bond donors (Lipinski definition) is 1. The molecule has 0 spiro atoms. The van der Waals surface area contributed by atoms with Gasteiger partial charge in [0.25, 0.3) is 0 Å². The first-order valence-corrected chi connectivity index (χ1v) is 6.82. The summed E-state index contributed by atoms with van der Waals surface area (Å²) in [5.41, 5.74) is 7.22. The van der Waals surface area contributed by atoms with E-state index in [0.717, 1.165) is 22.8 Å². The van der Waals surface area contributed by atoms with E-state index in [-0.39, 0.29) is 17.6 Å². The van der Waals surface area contributed by atoms with Gasteiger partial charge in [-0.25, -0.2) is 0 Å². The second-order valence-electron chi connectivity index (χ2n) is 5.89. The van der Waals surface area contributed by atoms with Gasteiger partial charge in [0.1, 0.15) is 11.9 Å². The molecule has 0 aliphatic heterocycles. The van der Waals surface area contributed by atoms with Gasteiger partial charge in [-0.2, -0.15) is 0 Å². The van der Waals surface area contributed by atoms with Gasteiger partial charge in [-0.1, -0.05) is 39.3 Å². The van der Waals surface area contributed by atoms with Crippen molar-refractivity contribution in [3.8, 4) is 5.75 Å². The van der Waals surface area contributed by atoms with Gasteiger partial charge in [0.15, 0.2) is 0 Å². The zero-order chi connectivity index (χ0) is 13.9. The first kappa shape index (κ1) is 15.3. The van der Waals surface area contributed by atoms with E-state index in [4.69, 9.17) is 22.1 Å². The molecule has 3 heteroatoms. The molecular weight excluding hydrogens is 246 g/mol. The van der Waals surface area contributed by atoms with E-state index < -0.39 is 0 Å². The molecule has 0 saturated heterocycles. The highest BCUT2D eigenvalue weighted by Crippen LogP contribution is 2.30. The lowest BCUT2D eigenvalue weighted by molar-refractivity contribution is 0.0616. The van der Waals surface area contributed by atoms with Crippen LogP contribution in [-0.2, 0) is 0 Å². The molecule has 1 aromatic rings. The molecule has 0 amide bonds. The van der Waals surface area contributed by atoms with Crippen molar-refractivity contribution in [2.24, 2.45) is 11.1 Å². The number of benzene rings is 1. The summed E-state index contributed by atoms with van der Waals surface area (Å²) in [6, 6.07) is 5.70. The van der Waals surface area contributed by atoms with Gasteiger partial charge in [-0.15, -0.1) is 0 Å². The Labute approximate surface area is 115 Å². The topological polar surface area (TPSA) is 35.2 Å². The summed E-state index contributed by atoms with van der Waals surface area (Å²) in [5, 5.41) is 0.729. The van der Waals surface area contributed by atoms with E-state index in [1.807, 2.05) is 25.1 Å². The molecule has 2 unspecified atom stereocenters. The predicted octanol–water partition coefficient (Wildman–Crippen LogP) is 4.18. The third kappa shape index (κ3) is 3.89. The Morgan fingerprint density at radius 2 is 1.94 bits per heavy atom. The van der Waals surface area contributed by atoms with Crippen LogP contribution in [0.15, 0.2) is 18.2 Å². The van der Waals surface area contributed by atoms with Gasteiger partial charge in [0.2, 0.25) is 0 Å². The SMILES string of the molecule is CCC(N)C(Oc1ccc(Cl)cc1C)C(C)(C)C. The van der Waals surface area contributed by atoms with Crippen molar-refractivity contribution in [2.45, 2.75) is 53.2 Å². The molecule has 2 atom stereocenters. The molecule has 0 saturated carbocycles. The van der Waals surface area contributed by atoms with Crippen molar-refractivity contribution in [1.29, 1.82) is 0 Å². The third-order valence-electron chi connectivity index (χ3n) is 3.10. The molecule has 2 N–H and O–H groups in total. The van der Waals surface area contributed by atoms with Gasteiger partial charge in [-0.3, -0.25) is 0 Å². The Morgan fingerprint density at radius 1 is 1.33 bits per heavy atom.